The molecule has 0 radical (unpaired) electrons. The summed E-state index contributed by atoms with van der Waals surface area (Å²) in [6.07, 6.45) is -3.67. The highest BCUT2D eigenvalue weighted by Crippen LogP contribution is 2.44. The van der Waals surface area contributed by atoms with E-state index in [1.54, 1.807) is 0 Å². The van der Waals surface area contributed by atoms with Crippen LogP contribution in [0.15, 0.2) is 30.5 Å². The van der Waals surface area contributed by atoms with E-state index in [-0.39, 0.29) is 17.8 Å². The first-order valence-electron chi connectivity index (χ1n) is 6.46. The van der Waals surface area contributed by atoms with Gasteiger partial charge in [-0.15, -0.1) is 0 Å². The van der Waals surface area contributed by atoms with Crippen LogP contribution < -0.4 is 5.32 Å². The molecule has 8 heteroatoms. The van der Waals surface area contributed by atoms with Crippen LogP contribution in [-0.2, 0) is 0 Å². The lowest BCUT2D eigenvalue weighted by atomic mass is 9.96. The quantitative estimate of drug-likeness (QED) is 0.820. The molecule has 1 aliphatic heterocycles. The van der Waals surface area contributed by atoms with E-state index in [0.717, 1.165) is 10.9 Å². The summed E-state index contributed by atoms with van der Waals surface area (Å²) in [6.45, 7) is 0. The van der Waals surface area contributed by atoms with Gasteiger partial charge in [0.05, 0.1) is 12.2 Å². The smallest absolute Gasteiger partial charge is 0.362 e. The third-order valence-electron chi connectivity index (χ3n) is 3.63. The normalized spacial score (nSPS) is 20.9. The summed E-state index contributed by atoms with van der Waals surface area (Å²) in [4.78, 5) is 0. The minimum absolute atomic E-state index is 0.0328. The zero-order chi connectivity index (χ0) is 15.9. The Morgan fingerprint density at radius 1 is 1.27 bits per heavy atom. The van der Waals surface area contributed by atoms with Gasteiger partial charge in [-0.2, -0.15) is 23.5 Å². The van der Waals surface area contributed by atoms with Crippen LogP contribution in [0.5, 0.6) is 0 Å². The molecular formula is C14H10F4N4. The van der Waals surface area contributed by atoms with Gasteiger partial charge in [0.15, 0.2) is 6.04 Å². The number of nitrogens with one attached hydrogen (secondary N) is 1. The topological polar surface area (TPSA) is 53.6 Å². The first-order chi connectivity index (χ1) is 10.4. The number of anilines is 1. The van der Waals surface area contributed by atoms with E-state index in [0.29, 0.717) is 5.56 Å². The Balaban J connectivity index is 2.03. The number of aromatic nitrogens is 2. The Bertz CT molecular complexity index is 727. The number of hydrogen-bond donors (Lipinski definition) is 1. The molecule has 114 valence electrons. The molecule has 3 rings (SSSR count). The number of nitriles is 1. The van der Waals surface area contributed by atoms with Gasteiger partial charge in [-0.05, 0) is 17.7 Å². The Labute approximate surface area is 123 Å². The third-order valence-corrected chi connectivity index (χ3v) is 3.63. The minimum Gasteiger partial charge on any atom is -0.362 e. The Kier molecular flexibility index (Phi) is 3.28. The molecule has 0 spiro atoms. The predicted octanol–water partition coefficient (Wildman–Crippen LogP) is 3.55. The van der Waals surface area contributed by atoms with Gasteiger partial charge in [0.2, 0.25) is 0 Å². The molecule has 0 aliphatic carbocycles. The van der Waals surface area contributed by atoms with Gasteiger partial charge in [-0.1, -0.05) is 12.1 Å². The Hall–Kier alpha value is -2.56. The van der Waals surface area contributed by atoms with E-state index in [1.165, 1.54) is 24.3 Å². The van der Waals surface area contributed by atoms with Crippen LogP contribution in [-0.4, -0.2) is 16.0 Å². The van der Waals surface area contributed by atoms with Crippen LogP contribution in [0.3, 0.4) is 0 Å². The summed E-state index contributed by atoms with van der Waals surface area (Å²) in [7, 11) is 0. The van der Waals surface area contributed by atoms with Gasteiger partial charge >= 0.3 is 6.18 Å². The minimum atomic E-state index is -4.49. The van der Waals surface area contributed by atoms with Gasteiger partial charge in [-0.3, -0.25) is 0 Å². The fraction of sp³-hybridized carbons (Fsp3) is 0.286. The molecule has 0 saturated carbocycles. The van der Waals surface area contributed by atoms with E-state index in [2.05, 4.69) is 10.4 Å². The summed E-state index contributed by atoms with van der Waals surface area (Å²) in [5.74, 6) is -0.430. The number of alkyl halides is 3. The maximum Gasteiger partial charge on any atom is 0.410 e. The monoisotopic (exact) mass is 310 g/mol. The molecule has 1 N–H and O–H groups in total. The van der Waals surface area contributed by atoms with Crippen LogP contribution in [0.4, 0.5) is 23.4 Å². The summed E-state index contributed by atoms with van der Waals surface area (Å²) >= 11 is 0. The summed E-state index contributed by atoms with van der Waals surface area (Å²) in [5, 5.41) is 15.5. The third kappa shape index (κ3) is 2.39. The summed E-state index contributed by atoms with van der Waals surface area (Å²) < 4.78 is 53.5. The van der Waals surface area contributed by atoms with Crippen LogP contribution in [0, 0.1) is 17.1 Å². The Morgan fingerprint density at radius 3 is 2.55 bits per heavy atom. The number of hydrogen-bond acceptors (Lipinski definition) is 3. The van der Waals surface area contributed by atoms with Crippen molar-refractivity contribution in [2.24, 2.45) is 0 Å². The number of fused-ring (bicyclic) bond motifs is 1. The predicted molar refractivity (Wildman–Crippen MR) is 69.4 cm³/mol. The first-order valence-corrected chi connectivity index (χ1v) is 6.46. The van der Waals surface area contributed by atoms with Crippen molar-refractivity contribution in [3.8, 4) is 6.07 Å². The van der Waals surface area contributed by atoms with Crippen LogP contribution in [0.1, 0.15) is 29.6 Å². The van der Waals surface area contributed by atoms with E-state index >= 15 is 0 Å². The van der Waals surface area contributed by atoms with Crippen molar-refractivity contribution in [2.45, 2.75) is 24.7 Å². The molecule has 2 heterocycles. The molecule has 1 aromatic heterocycles. The van der Waals surface area contributed by atoms with Gasteiger partial charge in [0, 0.05) is 6.42 Å². The summed E-state index contributed by atoms with van der Waals surface area (Å²) in [5.41, 5.74) is 0.563. The molecule has 0 amide bonds. The standard InChI is InChI=1S/C14H10F4N4/c15-10-3-1-8(2-4-10)11-5-12(14(16,17)18)22-13(21-11)9(6-19)7-20-22/h1-4,7,11-12,21H,5H2/t11-,12+/m0/s1. The van der Waals surface area contributed by atoms with Gasteiger partial charge in [-0.25, -0.2) is 9.07 Å². The van der Waals surface area contributed by atoms with Crippen molar-refractivity contribution < 1.29 is 17.6 Å². The maximum atomic E-state index is 13.3. The SMILES string of the molecule is N#Cc1cnn2c1N[C@H](c1ccc(F)cc1)C[C@@H]2C(F)(F)F. The molecule has 1 aliphatic rings. The molecule has 22 heavy (non-hydrogen) atoms. The van der Waals surface area contributed by atoms with Gasteiger partial charge in [0.25, 0.3) is 0 Å². The lowest BCUT2D eigenvalue weighted by Crippen LogP contribution is -2.35. The molecular weight excluding hydrogens is 300 g/mol. The Morgan fingerprint density at radius 2 is 1.95 bits per heavy atom. The van der Waals surface area contributed by atoms with Crippen molar-refractivity contribution in [3.63, 3.8) is 0 Å². The second-order valence-electron chi connectivity index (χ2n) is 5.00. The molecule has 0 bridgehead atoms. The highest BCUT2D eigenvalue weighted by Gasteiger charge is 2.46. The lowest BCUT2D eigenvalue weighted by Gasteiger charge is -2.33. The number of nitrogens with zero attached hydrogens (tertiary/aromatic N) is 3. The molecule has 0 saturated heterocycles. The molecule has 4 nitrogen and oxygen atoms in total. The zero-order valence-electron chi connectivity index (χ0n) is 11.1. The van der Waals surface area contributed by atoms with E-state index in [4.69, 9.17) is 5.26 Å². The zero-order valence-corrected chi connectivity index (χ0v) is 11.1. The van der Waals surface area contributed by atoms with E-state index in [9.17, 15) is 17.6 Å². The molecule has 2 atom stereocenters. The second-order valence-corrected chi connectivity index (χ2v) is 5.00. The van der Waals surface area contributed by atoms with Crippen molar-refractivity contribution in [1.29, 1.82) is 5.26 Å². The fourth-order valence-electron chi connectivity index (χ4n) is 2.56. The first kappa shape index (κ1) is 14.4. The molecule has 2 aromatic rings. The molecule has 0 fully saturated rings. The highest BCUT2D eigenvalue weighted by molar-refractivity contribution is 5.54. The average Bonchev–Trinajstić information content (AvgIpc) is 2.88. The number of rotatable bonds is 1. The van der Waals surface area contributed by atoms with E-state index in [1.807, 2.05) is 6.07 Å². The highest BCUT2D eigenvalue weighted by atomic mass is 19.4. The molecule has 1 aromatic carbocycles. The van der Waals surface area contributed by atoms with Crippen LogP contribution in [0.2, 0.25) is 0 Å². The van der Waals surface area contributed by atoms with Crippen molar-refractivity contribution in [1.82, 2.24) is 9.78 Å². The van der Waals surface area contributed by atoms with Crippen molar-refractivity contribution in [2.75, 3.05) is 5.32 Å². The lowest BCUT2D eigenvalue weighted by molar-refractivity contribution is -0.173. The average molecular weight is 310 g/mol. The maximum absolute atomic E-state index is 13.3. The summed E-state index contributed by atoms with van der Waals surface area (Å²) in [6, 6.07) is 4.55. The fourth-order valence-corrected chi connectivity index (χ4v) is 2.56. The molecule has 0 unspecified atom stereocenters. The van der Waals surface area contributed by atoms with Gasteiger partial charge in [0.1, 0.15) is 23.3 Å². The van der Waals surface area contributed by atoms with E-state index < -0.39 is 24.1 Å². The second kappa shape index (κ2) is 5.02. The van der Waals surface area contributed by atoms with Crippen molar-refractivity contribution in [3.05, 3.63) is 47.4 Å². The van der Waals surface area contributed by atoms with Crippen LogP contribution >= 0.6 is 0 Å². The largest absolute Gasteiger partial charge is 0.410 e. The van der Waals surface area contributed by atoms with Crippen LogP contribution in [0.25, 0.3) is 0 Å². The van der Waals surface area contributed by atoms with Crippen molar-refractivity contribution >= 4 is 5.82 Å². The van der Waals surface area contributed by atoms with Gasteiger partial charge < -0.3 is 5.32 Å². The number of halogens is 4. The number of benzene rings is 1.